The van der Waals surface area contributed by atoms with E-state index in [1.165, 1.54) is 12.3 Å². The van der Waals surface area contributed by atoms with Gasteiger partial charge in [0.15, 0.2) is 0 Å². The molecule has 1 atom stereocenters. The first-order chi connectivity index (χ1) is 17.4. The third-order valence-corrected chi connectivity index (χ3v) is 6.59. The molecule has 11 heteroatoms. The second-order valence-corrected chi connectivity index (χ2v) is 9.28. The number of piperazine rings is 1. The molecule has 4 rings (SSSR count). The molecule has 0 unspecified atom stereocenters. The first kappa shape index (κ1) is 25.7. The molecule has 2 fully saturated rings. The molecule has 36 heavy (non-hydrogen) atoms. The van der Waals surface area contributed by atoms with Crippen LogP contribution in [0.15, 0.2) is 37.1 Å². The third-order valence-electron chi connectivity index (χ3n) is 6.33. The highest BCUT2D eigenvalue weighted by molar-refractivity contribution is 6.31. The molecule has 2 aliphatic heterocycles. The predicted octanol–water partition coefficient (Wildman–Crippen LogP) is 2.73. The Balaban J connectivity index is 1.47. The number of hydrogen-bond acceptors (Lipinski definition) is 8. The average molecular weight is 514 g/mol. The molecule has 2 aromatic rings. The summed E-state index contributed by atoms with van der Waals surface area (Å²) in [6, 6.07) is 5.44. The van der Waals surface area contributed by atoms with Gasteiger partial charge in [-0.15, -0.1) is 0 Å². The molecule has 0 spiro atoms. The fourth-order valence-electron chi connectivity index (χ4n) is 4.35. The highest BCUT2D eigenvalue weighted by Crippen LogP contribution is 2.30. The molecule has 2 amide bonds. The van der Waals surface area contributed by atoms with Gasteiger partial charge in [0.05, 0.1) is 24.2 Å². The van der Waals surface area contributed by atoms with E-state index in [-0.39, 0.29) is 17.9 Å². The van der Waals surface area contributed by atoms with E-state index in [4.69, 9.17) is 16.3 Å². The number of benzene rings is 1. The van der Waals surface area contributed by atoms with Crippen LogP contribution >= 0.6 is 11.6 Å². The largest absolute Gasteiger partial charge is 0.477 e. The van der Waals surface area contributed by atoms with Gasteiger partial charge in [-0.2, -0.15) is 4.98 Å². The molecule has 0 saturated carbocycles. The summed E-state index contributed by atoms with van der Waals surface area (Å²) in [7, 11) is 2.09. The Hall–Kier alpha value is -3.37. The monoisotopic (exact) mass is 513 g/mol. The van der Waals surface area contributed by atoms with E-state index in [1.807, 2.05) is 17.9 Å². The number of amides is 2. The van der Waals surface area contributed by atoms with E-state index in [0.717, 1.165) is 38.3 Å². The molecule has 0 bridgehead atoms. The minimum Gasteiger partial charge on any atom is -0.477 e. The number of ether oxygens (including phenoxy) is 1. The van der Waals surface area contributed by atoms with Crippen molar-refractivity contribution >= 4 is 40.7 Å². The van der Waals surface area contributed by atoms with Crippen molar-refractivity contribution in [3.8, 4) is 5.88 Å². The molecule has 0 radical (unpaired) electrons. The lowest BCUT2D eigenvalue weighted by atomic mass is 10.1. The van der Waals surface area contributed by atoms with Gasteiger partial charge in [0.25, 0.3) is 5.91 Å². The molecule has 192 valence electrons. The number of nitrogens with one attached hydrogen (secondary N) is 2. The van der Waals surface area contributed by atoms with E-state index >= 15 is 0 Å². The highest BCUT2D eigenvalue weighted by atomic mass is 35.5. The van der Waals surface area contributed by atoms with Crippen LogP contribution in [0.3, 0.4) is 0 Å². The molecule has 2 saturated heterocycles. The summed E-state index contributed by atoms with van der Waals surface area (Å²) in [6.45, 7) is 10.4. The number of carbonyl (C=O) groups is 2. The first-order valence-corrected chi connectivity index (χ1v) is 12.5. The highest BCUT2D eigenvalue weighted by Gasteiger charge is 2.29. The Morgan fingerprint density at radius 2 is 2.03 bits per heavy atom. The number of aromatic nitrogens is 2. The van der Waals surface area contributed by atoms with Gasteiger partial charge in [-0.25, -0.2) is 4.98 Å². The fraction of sp³-hybridized carbons (Fsp3) is 0.440. The van der Waals surface area contributed by atoms with Gasteiger partial charge in [-0.1, -0.05) is 18.2 Å². The van der Waals surface area contributed by atoms with Crippen molar-refractivity contribution < 1.29 is 14.3 Å². The third kappa shape index (κ3) is 6.06. The Labute approximate surface area is 216 Å². The molecule has 10 nitrogen and oxygen atoms in total. The number of halogens is 1. The normalized spacial score (nSPS) is 18.1. The summed E-state index contributed by atoms with van der Waals surface area (Å²) in [6.07, 6.45) is 3.51. The van der Waals surface area contributed by atoms with Crippen LogP contribution in [-0.4, -0.2) is 90.5 Å². The summed E-state index contributed by atoms with van der Waals surface area (Å²) < 4.78 is 5.44. The van der Waals surface area contributed by atoms with Crippen LogP contribution in [0.5, 0.6) is 5.88 Å². The van der Waals surface area contributed by atoms with Crippen LogP contribution in [0, 0.1) is 0 Å². The smallest absolute Gasteiger partial charge is 0.254 e. The van der Waals surface area contributed by atoms with Crippen molar-refractivity contribution in [3.63, 3.8) is 0 Å². The number of carbonyl (C=O) groups excluding carboxylic acids is 2. The van der Waals surface area contributed by atoms with Crippen LogP contribution in [0.4, 0.5) is 17.3 Å². The van der Waals surface area contributed by atoms with Gasteiger partial charge in [0, 0.05) is 50.9 Å². The van der Waals surface area contributed by atoms with Crippen LogP contribution in [0.25, 0.3) is 0 Å². The summed E-state index contributed by atoms with van der Waals surface area (Å²) >= 11 is 6.08. The first-order valence-electron chi connectivity index (χ1n) is 12.1. The summed E-state index contributed by atoms with van der Waals surface area (Å²) in [4.78, 5) is 40.2. The average Bonchev–Trinajstić information content (AvgIpc) is 3.35. The van der Waals surface area contributed by atoms with Gasteiger partial charge in [-0.05, 0) is 44.7 Å². The Morgan fingerprint density at radius 3 is 2.75 bits per heavy atom. The molecule has 0 aliphatic carbocycles. The Bertz CT molecular complexity index is 1120. The summed E-state index contributed by atoms with van der Waals surface area (Å²) in [5.41, 5.74) is 2.10. The number of nitrogens with zero attached hydrogens (tertiary/aromatic N) is 5. The zero-order valence-electron chi connectivity index (χ0n) is 20.7. The molecular weight excluding hydrogens is 482 g/mol. The summed E-state index contributed by atoms with van der Waals surface area (Å²) in [5.74, 6) is 0.419. The molecular formula is C25H32ClN7O3. The van der Waals surface area contributed by atoms with Gasteiger partial charge < -0.3 is 30.1 Å². The zero-order valence-corrected chi connectivity index (χ0v) is 21.4. The van der Waals surface area contributed by atoms with Gasteiger partial charge >= 0.3 is 0 Å². The number of likely N-dealkylation sites (tertiary alicyclic amines) is 1. The molecule has 2 aliphatic rings. The van der Waals surface area contributed by atoms with Crippen molar-refractivity contribution in [1.82, 2.24) is 19.8 Å². The van der Waals surface area contributed by atoms with E-state index in [9.17, 15) is 9.59 Å². The van der Waals surface area contributed by atoms with E-state index in [0.29, 0.717) is 47.8 Å². The van der Waals surface area contributed by atoms with E-state index in [2.05, 4.69) is 44.0 Å². The lowest BCUT2D eigenvalue weighted by Gasteiger charge is -2.35. The predicted molar refractivity (Wildman–Crippen MR) is 141 cm³/mol. The zero-order chi connectivity index (χ0) is 25.7. The second kappa shape index (κ2) is 11.6. The lowest BCUT2D eigenvalue weighted by molar-refractivity contribution is -0.111. The number of hydrogen-bond donors (Lipinski definition) is 2. The van der Waals surface area contributed by atoms with E-state index in [1.54, 1.807) is 12.1 Å². The lowest BCUT2D eigenvalue weighted by Crippen LogP contribution is -2.44. The fourth-order valence-corrected chi connectivity index (χ4v) is 4.50. The van der Waals surface area contributed by atoms with Gasteiger partial charge in [0.1, 0.15) is 5.02 Å². The van der Waals surface area contributed by atoms with Crippen LogP contribution < -0.4 is 20.3 Å². The molecule has 1 aromatic carbocycles. The topological polar surface area (TPSA) is 103 Å². The number of anilines is 3. The van der Waals surface area contributed by atoms with E-state index < -0.39 is 0 Å². The SMILES string of the molecule is C=CC(=O)Nc1ccc(C(=O)N2CC[C@H](Nc3ncc(Cl)c(OCC)n3)C2)cc1N1CCN(C)CC1. The van der Waals surface area contributed by atoms with Gasteiger partial charge in [-0.3, -0.25) is 9.59 Å². The maximum atomic E-state index is 13.4. The van der Waals surface area contributed by atoms with Crippen molar-refractivity contribution in [1.29, 1.82) is 0 Å². The van der Waals surface area contributed by atoms with Crippen molar-refractivity contribution in [2.75, 3.05) is 68.5 Å². The van der Waals surface area contributed by atoms with Crippen molar-refractivity contribution in [2.45, 2.75) is 19.4 Å². The van der Waals surface area contributed by atoms with Crippen molar-refractivity contribution in [3.05, 3.63) is 47.6 Å². The van der Waals surface area contributed by atoms with Crippen LogP contribution in [0.1, 0.15) is 23.7 Å². The molecule has 2 N–H and O–H groups in total. The molecule has 3 heterocycles. The maximum Gasteiger partial charge on any atom is 0.254 e. The standard InChI is InChI=1S/C25H32ClN7O3/c1-4-22(34)29-20-7-6-17(14-21(20)32-12-10-31(3)11-13-32)24(35)33-9-8-18(16-33)28-25-27-15-19(26)23(30-25)36-5-2/h4,6-7,14-15,18H,1,5,8-13,16H2,2-3H3,(H,29,34)(H,27,28,30)/t18-/m0/s1. The minimum absolute atomic E-state index is 0.00727. The number of rotatable bonds is 8. The van der Waals surface area contributed by atoms with Crippen LogP contribution in [0.2, 0.25) is 5.02 Å². The maximum absolute atomic E-state index is 13.4. The summed E-state index contributed by atoms with van der Waals surface area (Å²) in [5, 5.41) is 6.51. The quantitative estimate of drug-likeness (QED) is 0.519. The minimum atomic E-state index is -0.283. The Morgan fingerprint density at radius 1 is 1.25 bits per heavy atom. The number of likely N-dealkylation sites (N-methyl/N-ethyl adjacent to an activating group) is 1. The molecule has 1 aromatic heterocycles. The van der Waals surface area contributed by atoms with Gasteiger partial charge in [0.2, 0.25) is 17.7 Å². The Kier molecular flexibility index (Phi) is 8.27. The second-order valence-electron chi connectivity index (χ2n) is 8.88. The van der Waals surface area contributed by atoms with Crippen LogP contribution in [-0.2, 0) is 4.79 Å². The van der Waals surface area contributed by atoms with Crippen molar-refractivity contribution in [2.24, 2.45) is 0 Å².